The van der Waals surface area contributed by atoms with Crippen LogP contribution in [-0.4, -0.2) is 18.3 Å². The van der Waals surface area contributed by atoms with Crippen molar-refractivity contribution < 1.29 is 0 Å². The van der Waals surface area contributed by atoms with E-state index < -0.39 is 10.8 Å². The summed E-state index contributed by atoms with van der Waals surface area (Å²) in [5.41, 5.74) is 20.7. The summed E-state index contributed by atoms with van der Waals surface area (Å²) in [6.07, 6.45) is 0. The summed E-state index contributed by atoms with van der Waals surface area (Å²) in [7, 11) is 0. The number of rotatable bonds is 6. The minimum Gasteiger partial charge on any atom is -0.309 e. The maximum absolute atomic E-state index is 2.52. The smallest absolute Gasteiger partial charge is 0.0544 e. The van der Waals surface area contributed by atoms with E-state index in [2.05, 4.69) is 311 Å². The van der Waals surface area contributed by atoms with Crippen LogP contribution >= 0.6 is 0 Å². The van der Waals surface area contributed by atoms with Gasteiger partial charge in [-0.15, -0.1) is 0 Å². The fourth-order valence-electron chi connectivity index (χ4n) is 14.9. The van der Waals surface area contributed by atoms with Gasteiger partial charge in [0.15, 0.2) is 0 Å². The molecule has 2 atom stereocenters. The summed E-state index contributed by atoms with van der Waals surface area (Å²) < 4.78 is 9.90. The lowest BCUT2D eigenvalue weighted by Crippen LogP contribution is -2.41. The number of hydrogen-bond donors (Lipinski definition) is 0. The molecule has 80 heavy (non-hydrogen) atoms. The van der Waals surface area contributed by atoms with Crippen LogP contribution in [0.15, 0.2) is 279 Å². The zero-order chi connectivity index (χ0) is 52.8. The van der Waals surface area contributed by atoms with Crippen molar-refractivity contribution in [3.05, 3.63) is 312 Å². The van der Waals surface area contributed by atoms with Crippen molar-refractivity contribution in [2.75, 3.05) is 0 Å². The van der Waals surface area contributed by atoms with Gasteiger partial charge in [0.05, 0.1) is 44.1 Å². The normalized spacial score (nSPS) is 16.2. The predicted molar refractivity (Wildman–Crippen MR) is 334 cm³/mol. The average molecular weight is 1020 g/mol. The molecule has 16 aromatic rings. The zero-order valence-corrected chi connectivity index (χ0v) is 44.3. The Labute approximate surface area is 462 Å². The van der Waals surface area contributed by atoms with E-state index in [1.54, 1.807) is 0 Å². The molecule has 0 aliphatic heterocycles. The number of nitrogens with zero attached hydrogens (tertiary/aromatic N) is 4. The van der Waals surface area contributed by atoms with Crippen LogP contribution in [0.2, 0.25) is 0 Å². The lowest BCUT2D eigenvalue weighted by Gasteiger charge is -2.48. The second kappa shape index (κ2) is 16.7. The molecule has 12 aromatic carbocycles. The Kier molecular flexibility index (Phi) is 9.36. The van der Waals surface area contributed by atoms with Crippen LogP contribution in [0.4, 0.5) is 0 Å². The Balaban J connectivity index is 0.956. The van der Waals surface area contributed by atoms with Crippen LogP contribution in [0.25, 0.3) is 110 Å². The Bertz CT molecular complexity index is 4790. The Morgan fingerprint density at radius 1 is 0.225 bits per heavy atom. The first-order chi connectivity index (χ1) is 39.5. The van der Waals surface area contributed by atoms with E-state index in [4.69, 9.17) is 0 Å². The highest BCUT2D eigenvalue weighted by atomic mass is 15.0. The molecule has 17 rings (SSSR count). The van der Waals surface area contributed by atoms with Gasteiger partial charge in [0.2, 0.25) is 0 Å². The van der Waals surface area contributed by atoms with Gasteiger partial charge >= 0.3 is 0 Å². The number of aromatic nitrogens is 4. The molecule has 0 saturated carbocycles. The molecule has 0 fully saturated rings. The van der Waals surface area contributed by atoms with Crippen LogP contribution in [0.5, 0.6) is 0 Å². The Morgan fingerprint density at radius 2 is 0.487 bits per heavy atom. The summed E-state index contributed by atoms with van der Waals surface area (Å²) in [5, 5.41) is 10.1. The number of fused-ring (bicyclic) bond motifs is 16. The summed E-state index contributed by atoms with van der Waals surface area (Å²) in [6.45, 7) is 5.03. The third kappa shape index (κ3) is 5.94. The van der Waals surface area contributed by atoms with Crippen LogP contribution in [-0.2, 0) is 10.8 Å². The SMILES string of the molecule is CC1(c2ccccc2)c2ccc3c(c2C(C)(c2ccccc2)c2ccc4c(c21)c1ccccc1n4-c1cccc(-n2c4ccccc4c4ccccc42)c1)c1ccccc1n3-c1cccc(-n2c3ccccc3c3ccccc32)c1. The number of benzene rings is 12. The molecule has 4 heteroatoms. The molecule has 1 aliphatic carbocycles. The van der Waals surface area contributed by atoms with E-state index in [0.29, 0.717) is 0 Å². The third-order valence-corrected chi connectivity index (χ3v) is 18.3. The van der Waals surface area contributed by atoms with Gasteiger partial charge in [0, 0.05) is 76.7 Å². The van der Waals surface area contributed by atoms with Crippen LogP contribution < -0.4 is 0 Å². The highest BCUT2D eigenvalue weighted by molar-refractivity contribution is 6.16. The van der Waals surface area contributed by atoms with Crippen molar-refractivity contribution in [2.45, 2.75) is 24.7 Å². The van der Waals surface area contributed by atoms with Crippen LogP contribution in [0.3, 0.4) is 0 Å². The topological polar surface area (TPSA) is 19.7 Å². The van der Waals surface area contributed by atoms with E-state index >= 15 is 0 Å². The lowest BCUT2D eigenvalue weighted by molar-refractivity contribution is 0.577. The Morgan fingerprint density at radius 3 is 0.812 bits per heavy atom. The first-order valence-corrected chi connectivity index (χ1v) is 27.9. The van der Waals surface area contributed by atoms with Gasteiger partial charge in [0.25, 0.3) is 0 Å². The lowest BCUT2D eigenvalue weighted by atomic mass is 9.54. The van der Waals surface area contributed by atoms with Crippen molar-refractivity contribution >= 4 is 87.2 Å². The fourth-order valence-corrected chi connectivity index (χ4v) is 14.9. The summed E-state index contributed by atoms with van der Waals surface area (Å²) in [5.74, 6) is 0. The maximum Gasteiger partial charge on any atom is 0.0544 e. The van der Waals surface area contributed by atoms with Gasteiger partial charge in [0.1, 0.15) is 0 Å². The summed E-state index contributed by atoms with van der Waals surface area (Å²) >= 11 is 0. The van der Waals surface area contributed by atoms with Gasteiger partial charge in [-0.3, -0.25) is 0 Å². The monoisotopic (exact) mass is 1020 g/mol. The zero-order valence-electron chi connectivity index (χ0n) is 44.3. The van der Waals surface area contributed by atoms with Gasteiger partial charge < -0.3 is 18.3 Å². The number of para-hydroxylation sites is 6. The first kappa shape index (κ1) is 44.9. The minimum absolute atomic E-state index is 0.604. The molecule has 4 heterocycles. The Hall–Kier alpha value is -10.2. The summed E-state index contributed by atoms with van der Waals surface area (Å²) in [4.78, 5) is 0. The average Bonchev–Trinajstić information content (AvgIpc) is 2.51. The van der Waals surface area contributed by atoms with E-state index in [1.807, 2.05) is 0 Å². The molecule has 0 amide bonds. The van der Waals surface area contributed by atoms with E-state index in [9.17, 15) is 0 Å². The maximum atomic E-state index is 2.52. The van der Waals surface area contributed by atoms with Crippen molar-refractivity contribution in [1.29, 1.82) is 0 Å². The second-order valence-corrected chi connectivity index (χ2v) is 22.2. The predicted octanol–water partition coefficient (Wildman–Crippen LogP) is 19.1. The van der Waals surface area contributed by atoms with Crippen molar-refractivity contribution in [1.82, 2.24) is 18.3 Å². The van der Waals surface area contributed by atoms with Crippen LogP contribution in [0.1, 0.15) is 47.2 Å². The van der Waals surface area contributed by atoms with Crippen molar-refractivity contribution in [3.63, 3.8) is 0 Å². The summed E-state index contributed by atoms with van der Waals surface area (Å²) in [6, 6.07) is 104. The van der Waals surface area contributed by atoms with Gasteiger partial charge in [-0.25, -0.2) is 0 Å². The minimum atomic E-state index is -0.604. The van der Waals surface area contributed by atoms with Gasteiger partial charge in [-0.1, -0.05) is 194 Å². The van der Waals surface area contributed by atoms with Gasteiger partial charge in [-0.05, 0) is 132 Å². The second-order valence-electron chi connectivity index (χ2n) is 22.2. The molecular weight excluding hydrogens is 969 g/mol. The molecular formula is C76H52N4. The molecule has 0 radical (unpaired) electrons. The highest BCUT2D eigenvalue weighted by Crippen LogP contribution is 2.60. The molecule has 0 bridgehead atoms. The third-order valence-electron chi connectivity index (χ3n) is 18.3. The molecule has 376 valence electrons. The molecule has 2 unspecified atom stereocenters. The van der Waals surface area contributed by atoms with Crippen LogP contribution in [0, 0.1) is 0 Å². The first-order valence-electron chi connectivity index (χ1n) is 27.9. The van der Waals surface area contributed by atoms with Crippen molar-refractivity contribution in [2.24, 2.45) is 0 Å². The standard InChI is InChI=1S/C76H52N4/c1-75(49-23-5-3-6-24-49)61-43-45-70-72(60-36-14-20-42-68(60)80(70)54-30-22-28-52(48-54)78-65-39-17-11-33-57(65)58-34-12-18-40-66(58)78)74(61)76(2,50-25-7-4-8-26-50)62-44-46-69-71(73(62)75)59-35-13-19-41-67(59)79(69)53-29-21-27-51(47-53)77-63-37-15-9-31-55(63)56-32-10-16-38-64(56)77/h3-48H,1-2H3. The molecule has 0 spiro atoms. The van der Waals surface area contributed by atoms with E-state index in [0.717, 1.165) is 22.7 Å². The van der Waals surface area contributed by atoms with E-state index in [1.165, 1.54) is 121 Å². The largest absolute Gasteiger partial charge is 0.309 e. The quantitative estimate of drug-likeness (QED) is 0.158. The van der Waals surface area contributed by atoms with Gasteiger partial charge in [-0.2, -0.15) is 0 Å². The fraction of sp³-hybridized carbons (Fsp3) is 0.0526. The molecule has 0 saturated heterocycles. The molecule has 1 aliphatic rings. The highest BCUT2D eigenvalue weighted by Gasteiger charge is 2.50. The van der Waals surface area contributed by atoms with E-state index in [-0.39, 0.29) is 0 Å². The van der Waals surface area contributed by atoms with Crippen molar-refractivity contribution in [3.8, 4) is 22.7 Å². The number of hydrogen-bond acceptors (Lipinski definition) is 0. The molecule has 0 N–H and O–H groups in total. The molecule has 4 aromatic heterocycles. The molecule has 4 nitrogen and oxygen atoms in total.